The van der Waals surface area contributed by atoms with Gasteiger partial charge in [-0.15, -0.1) is 0 Å². The molecule has 0 aliphatic carbocycles. The Kier molecular flexibility index (Phi) is 3.59. The fourth-order valence-electron chi connectivity index (χ4n) is 1.85. The van der Waals surface area contributed by atoms with Crippen LogP contribution in [0.3, 0.4) is 0 Å². The van der Waals surface area contributed by atoms with Gasteiger partial charge in [-0.1, -0.05) is 29.8 Å². The van der Waals surface area contributed by atoms with Crippen molar-refractivity contribution in [1.82, 2.24) is 9.55 Å². The Morgan fingerprint density at radius 1 is 1.29 bits per heavy atom. The standard InChI is InChI=1S/C14H19N3/c1-11-3-5-13(6-4-11)10-17-8-7-16-14(17)9-12(2)15/h3-8,12H,9-10,15H2,1-2H3. The molecule has 0 radical (unpaired) electrons. The summed E-state index contributed by atoms with van der Waals surface area (Å²) in [6, 6.07) is 8.74. The molecule has 1 unspecified atom stereocenters. The van der Waals surface area contributed by atoms with Crippen molar-refractivity contribution in [2.45, 2.75) is 32.9 Å². The number of aromatic nitrogens is 2. The Morgan fingerprint density at radius 3 is 2.65 bits per heavy atom. The first-order valence-electron chi connectivity index (χ1n) is 5.96. The predicted octanol–water partition coefficient (Wildman–Crippen LogP) is 2.13. The quantitative estimate of drug-likeness (QED) is 0.872. The van der Waals surface area contributed by atoms with Crippen LogP contribution in [0.5, 0.6) is 0 Å². The van der Waals surface area contributed by atoms with Crippen LogP contribution in [0, 0.1) is 6.92 Å². The van der Waals surface area contributed by atoms with Crippen molar-refractivity contribution in [3.63, 3.8) is 0 Å². The highest BCUT2D eigenvalue weighted by Crippen LogP contribution is 2.08. The van der Waals surface area contributed by atoms with E-state index >= 15 is 0 Å². The summed E-state index contributed by atoms with van der Waals surface area (Å²) in [5, 5.41) is 0. The molecule has 2 aromatic rings. The largest absolute Gasteiger partial charge is 0.330 e. The van der Waals surface area contributed by atoms with Crippen molar-refractivity contribution in [2.24, 2.45) is 5.73 Å². The van der Waals surface area contributed by atoms with E-state index in [1.54, 1.807) is 0 Å². The van der Waals surface area contributed by atoms with Crippen LogP contribution in [-0.2, 0) is 13.0 Å². The van der Waals surface area contributed by atoms with Gasteiger partial charge in [0.15, 0.2) is 0 Å². The molecule has 0 saturated heterocycles. The number of hydrogen-bond acceptors (Lipinski definition) is 2. The summed E-state index contributed by atoms with van der Waals surface area (Å²) in [5.74, 6) is 1.06. The number of nitrogens with two attached hydrogens (primary N) is 1. The van der Waals surface area contributed by atoms with E-state index in [1.807, 2.05) is 19.3 Å². The number of imidazole rings is 1. The zero-order valence-electron chi connectivity index (χ0n) is 10.4. The van der Waals surface area contributed by atoms with E-state index in [1.165, 1.54) is 11.1 Å². The second-order valence-corrected chi connectivity index (χ2v) is 4.64. The van der Waals surface area contributed by atoms with Gasteiger partial charge in [0.05, 0.1) is 0 Å². The highest BCUT2D eigenvalue weighted by Gasteiger charge is 2.05. The Morgan fingerprint density at radius 2 is 2.00 bits per heavy atom. The zero-order chi connectivity index (χ0) is 12.3. The number of rotatable bonds is 4. The van der Waals surface area contributed by atoms with Gasteiger partial charge in [-0.05, 0) is 19.4 Å². The molecule has 0 aliphatic rings. The maximum Gasteiger partial charge on any atom is 0.110 e. The molecule has 17 heavy (non-hydrogen) atoms. The highest BCUT2D eigenvalue weighted by atomic mass is 15.1. The molecule has 1 aromatic carbocycles. The van der Waals surface area contributed by atoms with Crippen LogP contribution in [0.2, 0.25) is 0 Å². The Hall–Kier alpha value is -1.61. The molecule has 0 amide bonds. The summed E-state index contributed by atoms with van der Waals surface area (Å²) in [6.45, 7) is 4.97. The Balaban J connectivity index is 2.13. The van der Waals surface area contributed by atoms with Gasteiger partial charge in [-0.25, -0.2) is 4.98 Å². The third-order valence-electron chi connectivity index (χ3n) is 2.78. The fraction of sp³-hybridized carbons (Fsp3) is 0.357. The molecule has 3 heteroatoms. The molecule has 0 saturated carbocycles. The molecule has 1 aromatic heterocycles. The smallest absolute Gasteiger partial charge is 0.110 e. The number of aryl methyl sites for hydroxylation is 1. The van der Waals surface area contributed by atoms with Gasteiger partial charge in [-0.3, -0.25) is 0 Å². The summed E-state index contributed by atoms with van der Waals surface area (Å²) in [4.78, 5) is 4.35. The first kappa shape index (κ1) is 11.9. The molecule has 90 valence electrons. The lowest BCUT2D eigenvalue weighted by Crippen LogP contribution is -2.20. The van der Waals surface area contributed by atoms with Crippen molar-refractivity contribution >= 4 is 0 Å². The van der Waals surface area contributed by atoms with E-state index in [0.717, 1.165) is 18.8 Å². The van der Waals surface area contributed by atoms with Crippen molar-refractivity contribution in [3.05, 3.63) is 53.6 Å². The van der Waals surface area contributed by atoms with Crippen molar-refractivity contribution in [3.8, 4) is 0 Å². The average Bonchev–Trinajstić information content (AvgIpc) is 2.68. The van der Waals surface area contributed by atoms with Crippen LogP contribution in [0.25, 0.3) is 0 Å². The van der Waals surface area contributed by atoms with Crippen LogP contribution >= 0.6 is 0 Å². The summed E-state index contributed by atoms with van der Waals surface area (Å²) >= 11 is 0. The molecule has 3 nitrogen and oxygen atoms in total. The molecule has 0 fully saturated rings. The molecule has 1 heterocycles. The van der Waals surface area contributed by atoms with Crippen molar-refractivity contribution < 1.29 is 0 Å². The molecule has 0 bridgehead atoms. The van der Waals surface area contributed by atoms with Crippen LogP contribution in [-0.4, -0.2) is 15.6 Å². The topological polar surface area (TPSA) is 43.8 Å². The van der Waals surface area contributed by atoms with E-state index in [2.05, 4.69) is 40.7 Å². The van der Waals surface area contributed by atoms with Gasteiger partial charge in [0.2, 0.25) is 0 Å². The third kappa shape index (κ3) is 3.17. The third-order valence-corrected chi connectivity index (χ3v) is 2.78. The predicted molar refractivity (Wildman–Crippen MR) is 69.9 cm³/mol. The van der Waals surface area contributed by atoms with Crippen LogP contribution in [0.4, 0.5) is 0 Å². The lowest BCUT2D eigenvalue weighted by atomic mass is 10.1. The van der Waals surface area contributed by atoms with E-state index in [4.69, 9.17) is 5.73 Å². The molecular formula is C14H19N3. The van der Waals surface area contributed by atoms with E-state index in [9.17, 15) is 0 Å². The Bertz CT molecular complexity index is 468. The van der Waals surface area contributed by atoms with Gasteiger partial charge in [-0.2, -0.15) is 0 Å². The van der Waals surface area contributed by atoms with Gasteiger partial charge in [0, 0.05) is 31.4 Å². The maximum absolute atomic E-state index is 5.81. The second kappa shape index (κ2) is 5.15. The minimum absolute atomic E-state index is 0.147. The normalized spacial score (nSPS) is 12.6. The fourth-order valence-corrected chi connectivity index (χ4v) is 1.85. The number of nitrogens with zero attached hydrogens (tertiary/aromatic N) is 2. The van der Waals surface area contributed by atoms with Crippen molar-refractivity contribution in [1.29, 1.82) is 0 Å². The summed E-state index contributed by atoms with van der Waals surface area (Å²) < 4.78 is 2.16. The van der Waals surface area contributed by atoms with Crippen LogP contribution in [0.1, 0.15) is 23.9 Å². The molecule has 2 rings (SSSR count). The average molecular weight is 229 g/mol. The van der Waals surface area contributed by atoms with E-state index in [0.29, 0.717) is 0 Å². The zero-order valence-corrected chi connectivity index (χ0v) is 10.4. The Labute approximate surface area is 102 Å². The molecule has 0 aliphatic heterocycles. The minimum atomic E-state index is 0.147. The van der Waals surface area contributed by atoms with Gasteiger partial charge in [0.1, 0.15) is 5.82 Å². The summed E-state index contributed by atoms with van der Waals surface area (Å²) in [6.07, 6.45) is 4.67. The molecular weight excluding hydrogens is 210 g/mol. The van der Waals surface area contributed by atoms with Crippen LogP contribution in [0.15, 0.2) is 36.7 Å². The summed E-state index contributed by atoms with van der Waals surface area (Å²) in [7, 11) is 0. The number of benzene rings is 1. The van der Waals surface area contributed by atoms with Gasteiger partial charge in [0.25, 0.3) is 0 Å². The lowest BCUT2D eigenvalue weighted by Gasteiger charge is -2.10. The van der Waals surface area contributed by atoms with Crippen molar-refractivity contribution in [2.75, 3.05) is 0 Å². The second-order valence-electron chi connectivity index (χ2n) is 4.64. The maximum atomic E-state index is 5.81. The van der Waals surface area contributed by atoms with Gasteiger partial charge >= 0.3 is 0 Å². The van der Waals surface area contributed by atoms with E-state index < -0.39 is 0 Å². The molecule has 0 spiro atoms. The first-order chi connectivity index (χ1) is 8.15. The number of hydrogen-bond donors (Lipinski definition) is 1. The first-order valence-corrected chi connectivity index (χ1v) is 5.96. The monoisotopic (exact) mass is 229 g/mol. The molecule has 1 atom stereocenters. The minimum Gasteiger partial charge on any atom is -0.330 e. The lowest BCUT2D eigenvalue weighted by molar-refractivity contribution is 0.648. The highest BCUT2D eigenvalue weighted by molar-refractivity contribution is 5.21. The summed E-state index contributed by atoms with van der Waals surface area (Å²) in [5.41, 5.74) is 8.39. The van der Waals surface area contributed by atoms with Gasteiger partial charge < -0.3 is 10.3 Å². The van der Waals surface area contributed by atoms with E-state index in [-0.39, 0.29) is 6.04 Å². The SMILES string of the molecule is Cc1ccc(Cn2ccnc2CC(C)N)cc1. The molecule has 2 N–H and O–H groups in total. The van der Waals surface area contributed by atoms with Crippen LogP contribution < -0.4 is 5.73 Å².